The molecular weight excluding hydrogens is 298 g/mol. The van der Waals surface area contributed by atoms with Gasteiger partial charge in [-0.05, 0) is 13.0 Å². The largest absolute Gasteiger partial charge is 0.373 e. The van der Waals surface area contributed by atoms with Gasteiger partial charge in [-0.3, -0.25) is 14.9 Å². The van der Waals surface area contributed by atoms with Crippen LogP contribution in [0.15, 0.2) is 18.2 Å². The maximum absolute atomic E-state index is 12.5. The molecule has 1 aromatic rings. The van der Waals surface area contributed by atoms with Crippen LogP contribution in [0, 0.1) is 10.1 Å². The zero-order valence-corrected chi connectivity index (χ0v) is 12.2. The second kappa shape index (κ2) is 6.38. The van der Waals surface area contributed by atoms with Crippen molar-refractivity contribution in [1.82, 2.24) is 4.90 Å². The molecule has 1 heterocycles. The summed E-state index contributed by atoms with van der Waals surface area (Å²) in [5.74, 6) is -0.349. The predicted octanol–water partition coefficient (Wildman–Crippen LogP) is 1.44. The van der Waals surface area contributed by atoms with Crippen LogP contribution in [0.3, 0.4) is 0 Å². The molecule has 2 unspecified atom stereocenters. The number of nitro groups is 1. The maximum Gasteiger partial charge on any atom is 0.270 e. The summed E-state index contributed by atoms with van der Waals surface area (Å²) in [6.07, 6.45) is -0.250. The van der Waals surface area contributed by atoms with E-state index in [-0.39, 0.29) is 34.3 Å². The molecule has 2 atom stereocenters. The number of nitrogens with zero attached hydrogens (tertiary/aromatic N) is 2. The minimum Gasteiger partial charge on any atom is -0.373 e. The highest BCUT2D eigenvalue weighted by molar-refractivity contribution is 6.33. The van der Waals surface area contributed by atoms with Crippen LogP contribution in [0.2, 0.25) is 5.02 Å². The molecule has 8 heteroatoms. The van der Waals surface area contributed by atoms with Crippen LogP contribution >= 0.6 is 11.6 Å². The highest BCUT2D eigenvalue weighted by Gasteiger charge is 2.28. The SMILES string of the molecule is CC(N)C1CN(C(=O)c2cc([N+](=O)[O-])ccc2Cl)CCO1. The third-order valence-corrected chi connectivity index (χ3v) is 3.69. The van der Waals surface area contributed by atoms with E-state index in [2.05, 4.69) is 0 Å². The fourth-order valence-corrected chi connectivity index (χ4v) is 2.34. The number of carbonyl (C=O) groups excluding carboxylic acids is 1. The number of nitrogens with two attached hydrogens (primary N) is 1. The highest BCUT2D eigenvalue weighted by Crippen LogP contribution is 2.24. The molecule has 1 fully saturated rings. The Morgan fingerprint density at radius 1 is 1.62 bits per heavy atom. The number of carbonyl (C=O) groups is 1. The molecule has 1 aliphatic rings. The fourth-order valence-electron chi connectivity index (χ4n) is 2.14. The highest BCUT2D eigenvalue weighted by atomic mass is 35.5. The summed E-state index contributed by atoms with van der Waals surface area (Å²) < 4.78 is 5.49. The van der Waals surface area contributed by atoms with E-state index in [1.165, 1.54) is 18.2 Å². The summed E-state index contributed by atoms with van der Waals surface area (Å²) in [7, 11) is 0. The van der Waals surface area contributed by atoms with Crippen LogP contribution < -0.4 is 5.73 Å². The Bertz CT molecular complexity index is 564. The smallest absolute Gasteiger partial charge is 0.270 e. The number of rotatable bonds is 3. The molecule has 2 rings (SSSR count). The molecule has 1 amide bonds. The second-order valence-electron chi connectivity index (χ2n) is 4.94. The molecule has 1 aliphatic heterocycles. The monoisotopic (exact) mass is 313 g/mol. The number of non-ortho nitro benzene ring substituents is 1. The van der Waals surface area contributed by atoms with Gasteiger partial charge >= 0.3 is 0 Å². The summed E-state index contributed by atoms with van der Waals surface area (Å²) in [5.41, 5.74) is 5.74. The van der Waals surface area contributed by atoms with Crippen molar-refractivity contribution in [2.75, 3.05) is 19.7 Å². The second-order valence-corrected chi connectivity index (χ2v) is 5.35. The van der Waals surface area contributed by atoms with Crippen LogP contribution in [0.4, 0.5) is 5.69 Å². The first-order chi connectivity index (χ1) is 9.90. The molecule has 1 saturated heterocycles. The Morgan fingerprint density at radius 3 is 2.95 bits per heavy atom. The van der Waals surface area contributed by atoms with Gasteiger partial charge in [-0.1, -0.05) is 11.6 Å². The molecule has 1 aromatic carbocycles. The van der Waals surface area contributed by atoms with E-state index in [1.807, 2.05) is 0 Å². The summed E-state index contributed by atoms with van der Waals surface area (Å²) in [6, 6.07) is 3.61. The molecule has 0 radical (unpaired) electrons. The van der Waals surface area contributed by atoms with Gasteiger partial charge in [-0.2, -0.15) is 0 Å². The van der Waals surface area contributed by atoms with Crippen LogP contribution in [0.25, 0.3) is 0 Å². The van der Waals surface area contributed by atoms with Gasteiger partial charge in [0, 0.05) is 31.3 Å². The molecular formula is C13H16ClN3O4. The van der Waals surface area contributed by atoms with Crippen LogP contribution in [0.5, 0.6) is 0 Å². The van der Waals surface area contributed by atoms with Gasteiger partial charge in [-0.15, -0.1) is 0 Å². The average molecular weight is 314 g/mol. The first kappa shape index (κ1) is 15.7. The fraction of sp³-hybridized carbons (Fsp3) is 0.462. The lowest BCUT2D eigenvalue weighted by Crippen LogP contribution is -2.51. The third-order valence-electron chi connectivity index (χ3n) is 3.36. The van der Waals surface area contributed by atoms with Gasteiger partial charge in [0.1, 0.15) is 0 Å². The first-order valence-corrected chi connectivity index (χ1v) is 6.88. The van der Waals surface area contributed by atoms with E-state index >= 15 is 0 Å². The zero-order valence-electron chi connectivity index (χ0n) is 11.5. The molecule has 0 spiro atoms. The van der Waals surface area contributed by atoms with Crippen molar-refractivity contribution in [2.45, 2.75) is 19.1 Å². The lowest BCUT2D eigenvalue weighted by atomic mass is 10.1. The number of hydrogen-bond donors (Lipinski definition) is 1. The number of amides is 1. The van der Waals surface area contributed by atoms with Crippen LogP contribution in [0.1, 0.15) is 17.3 Å². The first-order valence-electron chi connectivity index (χ1n) is 6.50. The van der Waals surface area contributed by atoms with E-state index in [4.69, 9.17) is 22.1 Å². The Morgan fingerprint density at radius 2 is 2.33 bits per heavy atom. The van der Waals surface area contributed by atoms with Gasteiger partial charge in [0.15, 0.2) is 0 Å². The average Bonchev–Trinajstić information content (AvgIpc) is 2.47. The molecule has 0 aliphatic carbocycles. The quantitative estimate of drug-likeness (QED) is 0.672. The van der Waals surface area contributed by atoms with Crippen molar-refractivity contribution in [2.24, 2.45) is 5.73 Å². The number of morpholine rings is 1. The maximum atomic E-state index is 12.5. The minimum absolute atomic E-state index is 0.121. The standard InChI is InChI=1S/C13H16ClN3O4/c1-8(15)12-7-16(4-5-21-12)13(18)10-6-9(17(19)20)2-3-11(10)14/h2-3,6,8,12H,4-5,7,15H2,1H3. The summed E-state index contributed by atoms with van der Waals surface area (Å²) >= 11 is 5.99. The normalized spacial score (nSPS) is 20.1. The van der Waals surface area contributed by atoms with E-state index < -0.39 is 4.92 Å². The topological polar surface area (TPSA) is 98.7 Å². The van der Waals surface area contributed by atoms with Crippen molar-refractivity contribution < 1.29 is 14.5 Å². The predicted molar refractivity (Wildman–Crippen MR) is 77.4 cm³/mol. The van der Waals surface area contributed by atoms with Crippen molar-refractivity contribution in [3.8, 4) is 0 Å². The Kier molecular flexibility index (Phi) is 4.76. The lowest BCUT2D eigenvalue weighted by molar-refractivity contribution is -0.384. The van der Waals surface area contributed by atoms with E-state index in [0.717, 1.165) is 0 Å². The molecule has 7 nitrogen and oxygen atoms in total. The molecule has 0 bridgehead atoms. The van der Waals surface area contributed by atoms with Crippen molar-refractivity contribution in [1.29, 1.82) is 0 Å². The zero-order chi connectivity index (χ0) is 15.6. The van der Waals surface area contributed by atoms with Crippen LogP contribution in [-0.2, 0) is 4.74 Å². The van der Waals surface area contributed by atoms with Gasteiger partial charge in [0.25, 0.3) is 11.6 Å². The summed E-state index contributed by atoms with van der Waals surface area (Å²) in [4.78, 5) is 24.3. The third kappa shape index (κ3) is 3.49. The van der Waals surface area contributed by atoms with Gasteiger partial charge in [-0.25, -0.2) is 0 Å². The number of halogens is 1. The van der Waals surface area contributed by atoms with Gasteiger partial charge in [0.05, 0.1) is 28.2 Å². The van der Waals surface area contributed by atoms with Gasteiger partial charge < -0.3 is 15.4 Å². The lowest BCUT2D eigenvalue weighted by Gasteiger charge is -2.34. The van der Waals surface area contributed by atoms with E-state index in [0.29, 0.717) is 19.7 Å². The minimum atomic E-state index is -0.558. The molecule has 0 aromatic heterocycles. The molecule has 2 N–H and O–H groups in total. The van der Waals surface area contributed by atoms with Gasteiger partial charge in [0.2, 0.25) is 0 Å². The Labute approximate surface area is 126 Å². The Balaban J connectivity index is 2.23. The summed E-state index contributed by atoms with van der Waals surface area (Å²) in [6.45, 7) is 2.93. The number of nitro benzene ring substituents is 1. The molecule has 21 heavy (non-hydrogen) atoms. The molecule has 114 valence electrons. The number of ether oxygens (including phenoxy) is 1. The number of benzene rings is 1. The van der Waals surface area contributed by atoms with Crippen molar-refractivity contribution in [3.63, 3.8) is 0 Å². The van der Waals surface area contributed by atoms with E-state index in [1.54, 1.807) is 11.8 Å². The molecule has 0 saturated carbocycles. The van der Waals surface area contributed by atoms with Crippen molar-refractivity contribution in [3.05, 3.63) is 38.9 Å². The number of hydrogen-bond acceptors (Lipinski definition) is 5. The van der Waals surface area contributed by atoms with Crippen LogP contribution in [-0.4, -0.2) is 47.6 Å². The van der Waals surface area contributed by atoms with Crippen molar-refractivity contribution >= 4 is 23.2 Å². The van der Waals surface area contributed by atoms with E-state index in [9.17, 15) is 14.9 Å². The Hall–Kier alpha value is -1.70. The summed E-state index contributed by atoms with van der Waals surface area (Å²) in [5, 5.41) is 11.0.